The van der Waals surface area contributed by atoms with Gasteiger partial charge in [-0.3, -0.25) is 0 Å². The van der Waals surface area contributed by atoms with Crippen molar-refractivity contribution in [1.29, 1.82) is 0 Å². The Bertz CT molecular complexity index is 3350. The van der Waals surface area contributed by atoms with E-state index in [9.17, 15) is 0 Å². The Labute approximate surface area is 346 Å². The lowest BCUT2D eigenvalue weighted by Crippen LogP contribution is -2.09. The molecule has 4 heteroatoms. The smallest absolute Gasteiger partial charge is 0.187 e. The van der Waals surface area contributed by atoms with Crippen molar-refractivity contribution in [3.05, 3.63) is 224 Å². The molecule has 0 saturated heterocycles. The quantitative estimate of drug-likeness (QED) is 0.147. The summed E-state index contributed by atoms with van der Waals surface area (Å²) in [6.45, 7) is 7.41. The zero-order chi connectivity index (χ0) is 39.3. The molecule has 0 radical (unpaired) electrons. The highest BCUT2D eigenvalue weighted by Crippen LogP contribution is 2.41. The molecule has 0 saturated carbocycles. The summed E-state index contributed by atoms with van der Waals surface area (Å²) in [7, 11) is 0. The first-order valence-corrected chi connectivity index (χ1v) is 20.6. The summed E-state index contributed by atoms with van der Waals surface area (Å²) in [6.07, 6.45) is 0. The van der Waals surface area contributed by atoms with Gasteiger partial charge in [-0.15, -0.1) is 11.3 Å². The summed E-state index contributed by atoms with van der Waals surface area (Å²) in [5.41, 5.74) is 14.3. The van der Waals surface area contributed by atoms with Crippen LogP contribution in [0.25, 0.3) is 85.9 Å². The molecule has 11 rings (SSSR count). The molecular weight excluding hydrogens is 735 g/mol. The molecule has 9 aromatic carbocycles. The fraction of sp³-hybridized carbons (Fsp3) is 0. The van der Waals surface area contributed by atoms with Gasteiger partial charge in [-0.25, -0.2) is 4.85 Å². The lowest BCUT2D eigenvalue weighted by Gasteiger charge is -2.26. The van der Waals surface area contributed by atoms with Gasteiger partial charge >= 0.3 is 0 Å². The van der Waals surface area contributed by atoms with E-state index in [1.165, 1.54) is 53.2 Å². The molecule has 276 valence electrons. The van der Waals surface area contributed by atoms with Crippen molar-refractivity contribution in [3.63, 3.8) is 0 Å². The summed E-state index contributed by atoms with van der Waals surface area (Å²) >= 11 is 1.85. The van der Waals surface area contributed by atoms with E-state index < -0.39 is 0 Å². The summed E-state index contributed by atoms with van der Waals surface area (Å²) < 4.78 is 4.93. The van der Waals surface area contributed by atoms with Crippen LogP contribution in [0.5, 0.6) is 0 Å². The first kappa shape index (κ1) is 34.5. The average molecular weight is 770 g/mol. The van der Waals surface area contributed by atoms with Gasteiger partial charge in [-0.05, 0) is 118 Å². The number of nitrogens with zero attached hydrogens (tertiary/aromatic N) is 3. The molecule has 0 bridgehead atoms. The van der Waals surface area contributed by atoms with Crippen LogP contribution in [-0.4, -0.2) is 4.57 Å². The third-order valence-electron chi connectivity index (χ3n) is 11.4. The van der Waals surface area contributed by atoms with Crippen LogP contribution in [0.3, 0.4) is 0 Å². The van der Waals surface area contributed by atoms with Gasteiger partial charge in [0.05, 0.1) is 17.6 Å². The second kappa shape index (κ2) is 14.3. The van der Waals surface area contributed by atoms with E-state index in [-0.39, 0.29) is 0 Å². The molecule has 59 heavy (non-hydrogen) atoms. The van der Waals surface area contributed by atoms with Crippen molar-refractivity contribution in [2.24, 2.45) is 0 Å². The highest BCUT2D eigenvalue weighted by Gasteiger charge is 2.16. The number of hydrogen-bond acceptors (Lipinski definition) is 2. The SMILES string of the molecule is [C-]#[N+]c1ccc(-n2c3ccccc3c3cc(-c4ccc(N(c5ccc(-c6ccccc6)cc5)c5ccc(-c6ccc7sc8ccccc8c7c6)cc5)cc4)ccc32)cc1. The molecule has 0 atom stereocenters. The standard InChI is InChI=1S/C55H35N3S/c1-56-43-23-31-47(32-24-43)58-52-13-7-5-11-48(52)50-35-41(21-33-53(50)58)39-17-27-45(28-18-39)57(44-25-15-38(16-26-44)37-9-3-2-4-10-37)46-29-19-40(20-30-46)42-22-34-55-51(36-42)49-12-6-8-14-54(49)59-55/h2-36H. The van der Waals surface area contributed by atoms with Crippen molar-refractivity contribution in [3.8, 4) is 39.1 Å². The number of hydrogen-bond donors (Lipinski definition) is 0. The Hall–Kier alpha value is -7.71. The Morgan fingerprint density at radius 2 is 0.847 bits per heavy atom. The monoisotopic (exact) mass is 769 g/mol. The lowest BCUT2D eigenvalue weighted by atomic mass is 10.0. The first-order chi connectivity index (χ1) is 29.2. The van der Waals surface area contributed by atoms with Crippen LogP contribution in [0, 0.1) is 6.57 Å². The third-order valence-corrected chi connectivity index (χ3v) is 12.6. The normalized spacial score (nSPS) is 11.4. The molecule has 0 aliphatic carbocycles. The fourth-order valence-electron chi connectivity index (χ4n) is 8.50. The predicted octanol–water partition coefficient (Wildman–Crippen LogP) is 16.2. The second-order valence-corrected chi connectivity index (χ2v) is 15.9. The van der Waals surface area contributed by atoms with Crippen LogP contribution >= 0.6 is 11.3 Å². The minimum atomic E-state index is 0.640. The van der Waals surface area contributed by atoms with Crippen molar-refractivity contribution < 1.29 is 0 Å². The van der Waals surface area contributed by atoms with Gasteiger partial charge in [0.25, 0.3) is 0 Å². The maximum atomic E-state index is 7.41. The van der Waals surface area contributed by atoms with Crippen LogP contribution in [-0.2, 0) is 0 Å². The van der Waals surface area contributed by atoms with E-state index in [0.717, 1.165) is 44.9 Å². The van der Waals surface area contributed by atoms with Gasteiger partial charge in [-0.2, -0.15) is 0 Å². The van der Waals surface area contributed by atoms with Gasteiger partial charge in [0.2, 0.25) is 0 Å². The predicted molar refractivity (Wildman–Crippen MR) is 251 cm³/mol. The minimum absolute atomic E-state index is 0.640. The largest absolute Gasteiger partial charge is 0.311 e. The minimum Gasteiger partial charge on any atom is -0.311 e. The van der Waals surface area contributed by atoms with Gasteiger partial charge in [-0.1, -0.05) is 127 Å². The lowest BCUT2D eigenvalue weighted by molar-refractivity contribution is 1.18. The van der Waals surface area contributed by atoms with Crippen molar-refractivity contribution in [1.82, 2.24) is 4.57 Å². The Morgan fingerprint density at radius 1 is 0.373 bits per heavy atom. The summed E-state index contributed by atoms with van der Waals surface area (Å²) in [5.74, 6) is 0. The van der Waals surface area contributed by atoms with Gasteiger partial charge < -0.3 is 9.47 Å². The Kier molecular flexibility index (Phi) is 8.40. The van der Waals surface area contributed by atoms with Gasteiger partial charge in [0.15, 0.2) is 5.69 Å². The van der Waals surface area contributed by atoms with E-state index in [4.69, 9.17) is 6.57 Å². The molecule has 0 fully saturated rings. The van der Waals surface area contributed by atoms with Crippen LogP contribution in [0.4, 0.5) is 22.7 Å². The van der Waals surface area contributed by atoms with Crippen LogP contribution in [0.1, 0.15) is 0 Å². The molecule has 0 spiro atoms. The fourth-order valence-corrected chi connectivity index (χ4v) is 9.59. The maximum Gasteiger partial charge on any atom is 0.187 e. The van der Waals surface area contributed by atoms with E-state index >= 15 is 0 Å². The maximum absolute atomic E-state index is 7.41. The number of aromatic nitrogens is 1. The number of benzene rings is 9. The number of anilines is 3. The molecule has 0 N–H and O–H groups in total. The number of rotatable bonds is 7. The molecule has 0 unspecified atom stereocenters. The molecule has 0 aliphatic heterocycles. The summed E-state index contributed by atoms with van der Waals surface area (Å²) in [6, 6.07) is 76.0. The molecule has 2 heterocycles. The molecule has 3 nitrogen and oxygen atoms in total. The van der Waals surface area contributed by atoms with Crippen molar-refractivity contribution in [2.45, 2.75) is 0 Å². The average Bonchev–Trinajstić information content (AvgIpc) is 3.85. The number of para-hydroxylation sites is 1. The zero-order valence-corrected chi connectivity index (χ0v) is 32.8. The zero-order valence-electron chi connectivity index (χ0n) is 32.0. The number of fused-ring (bicyclic) bond motifs is 6. The topological polar surface area (TPSA) is 12.5 Å². The van der Waals surface area contributed by atoms with E-state index in [2.05, 4.69) is 202 Å². The highest BCUT2D eigenvalue weighted by molar-refractivity contribution is 7.25. The van der Waals surface area contributed by atoms with E-state index in [1.807, 2.05) is 35.6 Å². The van der Waals surface area contributed by atoms with Crippen molar-refractivity contribution in [2.75, 3.05) is 4.90 Å². The Balaban J connectivity index is 0.965. The third kappa shape index (κ3) is 6.13. The highest BCUT2D eigenvalue weighted by atomic mass is 32.1. The summed E-state index contributed by atoms with van der Waals surface area (Å²) in [5, 5.41) is 5.02. The van der Waals surface area contributed by atoms with Crippen molar-refractivity contribution >= 4 is 76.1 Å². The van der Waals surface area contributed by atoms with Crippen LogP contribution in [0.15, 0.2) is 212 Å². The summed E-state index contributed by atoms with van der Waals surface area (Å²) in [4.78, 5) is 5.94. The molecule has 0 aliphatic rings. The van der Waals surface area contributed by atoms with Gasteiger partial charge in [0, 0.05) is 53.7 Å². The second-order valence-electron chi connectivity index (χ2n) is 14.9. The molecular formula is C55H35N3S. The number of thiophene rings is 1. The van der Waals surface area contributed by atoms with E-state index in [0.29, 0.717) is 5.69 Å². The van der Waals surface area contributed by atoms with E-state index in [1.54, 1.807) is 0 Å². The molecule has 2 aromatic heterocycles. The molecule has 11 aromatic rings. The molecule has 0 amide bonds. The van der Waals surface area contributed by atoms with Crippen LogP contribution < -0.4 is 4.90 Å². The van der Waals surface area contributed by atoms with Gasteiger partial charge in [0.1, 0.15) is 0 Å². The first-order valence-electron chi connectivity index (χ1n) is 19.8. The Morgan fingerprint density at radius 3 is 1.49 bits per heavy atom. The van der Waals surface area contributed by atoms with Crippen LogP contribution in [0.2, 0.25) is 0 Å².